The average Bonchev–Trinajstić information content (AvgIpc) is 2.56. The fraction of sp³-hybridized carbons (Fsp3) is 0.182. The number of halogens is 1. The molecule has 0 saturated carbocycles. The van der Waals surface area contributed by atoms with E-state index in [2.05, 4.69) is 20.9 Å². The van der Waals surface area contributed by atoms with Crippen LogP contribution in [-0.2, 0) is 4.74 Å². The van der Waals surface area contributed by atoms with Crippen LogP contribution in [0.5, 0.6) is 0 Å². The average molecular weight is 283 g/mol. The molecule has 2 aromatic rings. The number of carbonyl (C=O) groups excluding carboxylic acids is 1. The number of hydrogen-bond donors (Lipinski definition) is 2. The Hall–Kier alpha value is -1.49. The fourth-order valence-corrected chi connectivity index (χ4v) is 2.20. The van der Waals surface area contributed by atoms with Crippen LogP contribution in [0.2, 0.25) is 0 Å². The van der Waals surface area contributed by atoms with E-state index < -0.39 is 5.97 Å². The monoisotopic (exact) mass is 282 g/mol. The normalized spacial score (nSPS) is 10.6. The van der Waals surface area contributed by atoms with Gasteiger partial charge in [0, 0.05) is 15.4 Å². The topological polar surface area (TPSA) is 68.1 Å². The second kappa shape index (κ2) is 4.17. The van der Waals surface area contributed by atoms with Gasteiger partial charge >= 0.3 is 5.97 Å². The molecule has 1 heterocycles. The maximum Gasteiger partial charge on any atom is 0.342 e. The highest BCUT2D eigenvalue weighted by atomic mass is 79.9. The molecule has 0 saturated heterocycles. The second-order valence-electron chi connectivity index (χ2n) is 3.30. The van der Waals surface area contributed by atoms with Crippen LogP contribution in [0, 0.1) is 0 Å². The summed E-state index contributed by atoms with van der Waals surface area (Å²) >= 11 is 3.40. The van der Waals surface area contributed by atoms with E-state index in [-0.39, 0.29) is 0 Å². The van der Waals surface area contributed by atoms with Gasteiger partial charge in [0.1, 0.15) is 11.4 Å². The summed E-state index contributed by atoms with van der Waals surface area (Å²) in [6, 6.07) is 5.59. The number of H-pyrrole nitrogens is 1. The molecule has 0 fully saturated rings. The van der Waals surface area contributed by atoms with Crippen molar-refractivity contribution in [1.29, 1.82) is 0 Å². The summed E-state index contributed by atoms with van der Waals surface area (Å²) in [5, 5.41) is 0.762. The molecule has 16 heavy (non-hydrogen) atoms. The Labute approximate surface area is 101 Å². The highest BCUT2D eigenvalue weighted by molar-refractivity contribution is 9.10. The summed E-state index contributed by atoms with van der Waals surface area (Å²) in [5.74, 6) is -0.0708. The quantitative estimate of drug-likeness (QED) is 0.832. The molecule has 1 aromatic carbocycles. The van der Waals surface area contributed by atoms with Crippen molar-refractivity contribution < 1.29 is 9.53 Å². The molecule has 0 amide bonds. The van der Waals surface area contributed by atoms with Crippen LogP contribution in [0.4, 0.5) is 5.82 Å². The van der Waals surface area contributed by atoms with E-state index in [0.717, 1.165) is 15.4 Å². The first kappa shape index (κ1) is 11.0. The Kier molecular flexibility index (Phi) is 2.87. The van der Waals surface area contributed by atoms with Gasteiger partial charge in [-0.05, 0) is 19.1 Å². The minimum absolute atomic E-state index is 0.329. The number of aromatic nitrogens is 1. The Morgan fingerprint density at radius 2 is 2.31 bits per heavy atom. The largest absolute Gasteiger partial charge is 0.462 e. The zero-order valence-corrected chi connectivity index (χ0v) is 10.3. The molecule has 0 unspecified atom stereocenters. The van der Waals surface area contributed by atoms with Crippen molar-refractivity contribution in [1.82, 2.24) is 4.98 Å². The highest BCUT2D eigenvalue weighted by Crippen LogP contribution is 2.31. The van der Waals surface area contributed by atoms with Gasteiger partial charge in [0.25, 0.3) is 0 Å². The Morgan fingerprint density at radius 3 is 3.00 bits per heavy atom. The Bertz CT molecular complexity index is 548. The summed E-state index contributed by atoms with van der Waals surface area (Å²) in [5.41, 5.74) is 6.98. The number of hydrogen-bond acceptors (Lipinski definition) is 3. The Balaban J connectivity index is 2.68. The van der Waals surface area contributed by atoms with Gasteiger partial charge in [-0.1, -0.05) is 22.0 Å². The second-order valence-corrected chi connectivity index (χ2v) is 4.15. The van der Waals surface area contributed by atoms with Crippen molar-refractivity contribution in [3.05, 3.63) is 28.2 Å². The first-order valence-electron chi connectivity index (χ1n) is 4.88. The number of rotatable bonds is 2. The highest BCUT2D eigenvalue weighted by Gasteiger charge is 2.19. The molecule has 0 aliphatic carbocycles. The Morgan fingerprint density at radius 1 is 1.56 bits per heavy atom. The van der Waals surface area contributed by atoms with Crippen LogP contribution in [0.3, 0.4) is 0 Å². The van der Waals surface area contributed by atoms with E-state index in [0.29, 0.717) is 18.0 Å². The van der Waals surface area contributed by atoms with Crippen molar-refractivity contribution >= 4 is 38.6 Å². The third kappa shape index (κ3) is 1.67. The van der Waals surface area contributed by atoms with Gasteiger partial charge in [-0.25, -0.2) is 4.79 Å². The van der Waals surface area contributed by atoms with Crippen LogP contribution >= 0.6 is 15.9 Å². The summed E-state index contributed by atoms with van der Waals surface area (Å²) < 4.78 is 5.79. The van der Waals surface area contributed by atoms with Crippen LogP contribution in [-0.4, -0.2) is 17.6 Å². The smallest absolute Gasteiger partial charge is 0.342 e. The van der Waals surface area contributed by atoms with Gasteiger partial charge in [-0.2, -0.15) is 0 Å². The van der Waals surface area contributed by atoms with Crippen LogP contribution in [0.15, 0.2) is 22.7 Å². The lowest BCUT2D eigenvalue weighted by Crippen LogP contribution is -2.06. The first-order valence-corrected chi connectivity index (χ1v) is 5.67. The summed E-state index contributed by atoms with van der Waals surface area (Å²) in [4.78, 5) is 14.7. The fourth-order valence-electron chi connectivity index (χ4n) is 1.64. The lowest BCUT2D eigenvalue weighted by Gasteiger charge is -2.02. The summed E-state index contributed by atoms with van der Waals surface area (Å²) in [7, 11) is 0. The number of ether oxygens (including phenoxy) is 1. The molecule has 0 radical (unpaired) electrons. The molecular weight excluding hydrogens is 272 g/mol. The third-order valence-corrected chi connectivity index (χ3v) is 2.94. The van der Waals surface area contributed by atoms with Gasteiger partial charge in [-0.3, -0.25) is 0 Å². The molecule has 0 aliphatic rings. The molecule has 2 rings (SSSR count). The number of fused-ring (bicyclic) bond motifs is 1. The number of nitrogen functional groups attached to an aromatic ring is 1. The van der Waals surface area contributed by atoms with E-state index in [1.165, 1.54) is 0 Å². The molecule has 1 aromatic heterocycles. The van der Waals surface area contributed by atoms with Gasteiger partial charge in [-0.15, -0.1) is 0 Å². The molecule has 5 heteroatoms. The number of anilines is 1. The molecule has 0 aliphatic heterocycles. The van der Waals surface area contributed by atoms with Gasteiger partial charge < -0.3 is 15.5 Å². The number of nitrogens with one attached hydrogen (secondary N) is 1. The maximum absolute atomic E-state index is 11.7. The summed E-state index contributed by atoms with van der Waals surface area (Å²) in [6.07, 6.45) is 0. The number of aromatic amines is 1. The predicted molar refractivity (Wildman–Crippen MR) is 66.4 cm³/mol. The van der Waals surface area contributed by atoms with E-state index in [1.54, 1.807) is 6.92 Å². The van der Waals surface area contributed by atoms with Crippen molar-refractivity contribution in [2.24, 2.45) is 0 Å². The lowest BCUT2D eigenvalue weighted by molar-refractivity contribution is 0.0530. The maximum atomic E-state index is 11.7. The van der Waals surface area contributed by atoms with Crippen molar-refractivity contribution in [3.8, 4) is 0 Å². The van der Waals surface area contributed by atoms with E-state index in [9.17, 15) is 4.79 Å². The van der Waals surface area contributed by atoms with Crippen LogP contribution in [0.25, 0.3) is 10.9 Å². The van der Waals surface area contributed by atoms with Crippen LogP contribution < -0.4 is 5.73 Å². The first-order chi connectivity index (χ1) is 7.65. The third-order valence-electron chi connectivity index (χ3n) is 2.28. The van der Waals surface area contributed by atoms with Gasteiger partial charge in [0.2, 0.25) is 0 Å². The minimum atomic E-state index is -0.404. The SMILES string of the molecule is CCOC(=O)c1c(N)[nH]c2cccc(Br)c12. The van der Waals surface area contributed by atoms with Crippen LogP contribution in [0.1, 0.15) is 17.3 Å². The van der Waals surface area contributed by atoms with E-state index >= 15 is 0 Å². The van der Waals surface area contributed by atoms with Gasteiger partial charge in [0.05, 0.1) is 6.61 Å². The van der Waals surface area contributed by atoms with E-state index in [1.807, 2.05) is 18.2 Å². The molecule has 0 bridgehead atoms. The minimum Gasteiger partial charge on any atom is -0.462 e. The van der Waals surface area contributed by atoms with Crippen molar-refractivity contribution in [2.45, 2.75) is 6.92 Å². The van der Waals surface area contributed by atoms with Crippen molar-refractivity contribution in [2.75, 3.05) is 12.3 Å². The molecule has 4 nitrogen and oxygen atoms in total. The van der Waals surface area contributed by atoms with E-state index in [4.69, 9.17) is 10.5 Å². The number of benzene rings is 1. The predicted octanol–water partition coefficient (Wildman–Crippen LogP) is 2.69. The summed E-state index contributed by atoms with van der Waals surface area (Å²) in [6.45, 7) is 2.09. The number of carbonyl (C=O) groups is 1. The molecule has 0 spiro atoms. The standard InChI is InChI=1S/C11H11BrN2O2/c1-2-16-11(15)9-8-6(12)4-3-5-7(8)14-10(9)13/h3-5,14H,2,13H2,1H3. The van der Waals surface area contributed by atoms with Gasteiger partial charge in [0.15, 0.2) is 0 Å². The lowest BCUT2D eigenvalue weighted by atomic mass is 10.1. The molecule has 84 valence electrons. The van der Waals surface area contributed by atoms with Crippen molar-refractivity contribution in [3.63, 3.8) is 0 Å². The molecule has 3 N–H and O–H groups in total. The number of nitrogens with two attached hydrogens (primary N) is 1. The zero-order valence-electron chi connectivity index (χ0n) is 8.71. The number of esters is 1. The molecular formula is C11H11BrN2O2. The zero-order chi connectivity index (χ0) is 11.7. The molecule has 0 atom stereocenters.